The molecule has 2 aromatic carbocycles. The third-order valence-electron chi connectivity index (χ3n) is 2.78. The van der Waals surface area contributed by atoms with Crippen molar-refractivity contribution in [3.05, 3.63) is 65.2 Å². The van der Waals surface area contributed by atoms with Gasteiger partial charge in [-0.05, 0) is 31.2 Å². The van der Waals surface area contributed by atoms with Crippen LogP contribution in [0.5, 0.6) is 0 Å². The van der Waals surface area contributed by atoms with Crippen LogP contribution in [0.1, 0.15) is 16.7 Å². The second-order valence-electron chi connectivity index (χ2n) is 4.53. The van der Waals surface area contributed by atoms with Crippen LogP contribution in [-0.4, -0.2) is 14.1 Å². The van der Waals surface area contributed by atoms with E-state index in [2.05, 4.69) is 60.1 Å². The molecule has 0 unspecified atom stereocenters. The molecule has 0 radical (unpaired) electrons. The number of nitrogens with zero attached hydrogens (tertiary/aromatic N) is 1. The van der Waals surface area contributed by atoms with Crippen LogP contribution in [0.15, 0.2) is 48.5 Å². The molecule has 0 aliphatic rings. The Morgan fingerprint density at radius 1 is 0.833 bits per heavy atom. The van der Waals surface area contributed by atoms with Crippen molar-refractivity contribution in [2.45, 2.75) is 6.92 Å². The zero-order valence-corrected chi connectivity index (χ0v) is 11.1. The third kappa shape index (κ3) is 2.93. The smallest absolute Gasteiger partial charge is 0.0520 e. The van der Waals surface area contributed by atoms with Crippen molar-refractivity contribution in [2.75, 3.05) is 19.0 Å². The van der Waals surface area contributed by atoms with E-state index in [0.29, 0.717) is 0 Å². The summed E-state index contributed by atoms with van der Waals surface area (Å²) in [6.45, 7) is 2.08. The van der Waals surface area contributed by atoms with Crippen molar-refractivity contribution in [2.24, 2.45) is 0 Å². The number of hydrogen-bond acceptors (Lipinski definition) is 1. The average molecular weight is 235 g/mol. The molecule has 0 heterocycles. The number of benzene rings is 2. The van der Waals surface area contributed by atoms with Crippen LogP contribution in [0.3, 0.4) is 0 Å². The summed E-state index contributed by atoms with van der Waals surface area (Å²) in [6.07, 6.45) is 0. The highest BCUT2D eigenvalue weighted by atomic mass is 15.1. The zero-order chi connectivity index (χ0) is 13.0. The Bertz CT molecular complexity index is 583. The topological polar surface area (TPSA) is 3.24 Å². The maximum absolute atomic E-state index is 3.24. The highest BCUT2D eigenvalue weighted by molar-refractivity contribution is 5.61. The molecule has 0 aliphatic heterocycles. The molecule has 0 spiro atoms. The molecule has 0 aliphatic carbocycles. The molecule has 0 amide bonds. The van der Waals surface area contributed by atoms with E-state index in [0.717, 1.165) is 16.8 Å². The largest absolute Gasteiger partial charge is 0.377 e. The van der Waals surface area contributed by atoms with E-state index in [9.17, 15) is 0 Å². The minimum Gasteiger partial charge on any atom is -0.377 e. The summed E-state index contributed by atoms with van der Waals surface area (Å²) >= 11 is 0. The predicted octanol–water partition coefficient (Wildman–Crippen LogP) is 3.46. The number of aryl methyl sites for hydroxylation is 1. The maximum Gasteiger partial charge on any atom is 0.0520 e. The van der Waals surface area contributed by atoms with Crippen molar-refractivity contribution in [3.63, 3.8) is 0 Å². The Morgan fingerprint density at radius 2 is 1.50 bits per heavy atom. The number of hydrogen-bond donors (Lipinski definition) is 0. The van der Waals surface area contributed by atoms with Crippen LogP contribution in [0.4, 0.5) is 5.69 Å². The van der Waals surface area contributed by atoms with Gasteiger partial charge in [-0.3, -0.25) is 0 Å². The van der Waals surface area contributed by atoms with Gasteiger partial charge in [0.25, 0.3) is 0 Å². The molecule has 0 saturated carbocycles. The standard InChI is InChI=1S/C17H17N/c1-14-8-10-15(11-9-14)12-13-16-6-4-5-7-17(16)18(2)3/h4-11H,1-3H3. The number of anilines is 1. The molecule has 0 bridgehead atoms. The summed E-state index contributed by atoms with van der Waals surface area (Å²) in [6, 6.07) is 16.5. The fourth-order valence-corrected chi connectivity index (χ4v) is 1.75. The van der Waals surface area contributed by atoms with E-state index in [1.165, 1.54) is 5.56 Å². The highest BCUT2D eigenvalue weighted by Crippen LogP contribution is 2.16. The Morgan fingerprint density at radius 3 is 2.17 bits per heavy atom. The monoisotopic (exact) mass is 235 g/mol. The fourth-order valence-electron chi connectivity index (χ4n) is 1.75. The molecule has 0 fully saturated rings. The summed E-state index contributed by atoms with van der Waals surface area (Å²) in [5, 5.41) is 0. The van der Waals surface area contributed by atoms with Gasteiger partial charge in [0.2, 0.25) is 0 Å². The SMILES string of the molecule is Cc1ccc(C#Cc2ccccc2N(C)C)cc1. The van der Waals surface area contributed by atoms with Crippen LogP contribution in [-0.2, 0) is 0 Å². The highest BCUT2D eigenvalue weighted by Gasteiger charge is 1.99. The minimum atomic E-state index is 1.05. The van der Waals surface area contributed by atoms with E-state index in [4.69, 9.17) is 0 Å². The van der Waals surface area contributed by atoms with Gasteiger partial charge in [0, 0.05) is 25.2 Å². The van der Waals surface area contributed by atoms with Crippen LogP contribution >= 0.6 is 0 Å². The number of para-hydroxylation sites is 1. The van der Waals surface area contributed by atoms with E-state index in [1.54, 1.807) is 0 Å². The molecular weight excluding hydrogens is 218 g/mol. The molecule has 0 saturated heterocycles. The van der Waals surface area contributed by atoms with Gasteiger partial charge in [0.1, 0.15) is 0 Å². The average Bonchev–Trinajstić information content (AvgIpc) is 2.38. The minimum absolute atomic E-state index is 1.05. The Labute approximate surface area is 109 Å². The van der Waals surface area contributed by atoms with Crippen LogP contribution in [0.25, 0.3) is 0 Å². The summed E-state index contributed by atoms with van der Waals surface area (Å²) < 4.78 is 0. The van der Waals surface area contributed by atoms with Gasteiger partial charge in [-0.15, -0.1) is 0 Å². The Hall–Kier alpha value is -2.20. The van der Waals surface area contributed by atoms with Gasteiger partial charge in [-0.2, -0.15) is 0 Å². The quantitative estimate of drug-likeness (QED) is 0.684. The van der Waals surface area contributed by atoms with Crippen molar-refractivity contribution in [3.8, 4) is 11.8 Å². The first kappa shape index (κ1) is 12.3. The molecule has 90 valence electrons. The third-order valence-corrected chi connectivity index (χ3v) is 2.78. The van der Waals surface area contributed by atoms with Gasteiger partial charge >= 0.3 is 0 Å². The molecule has 1 nitrogen and oxygen atoms in total. The predicted molar refractivity (Wildman–Crippen MR) is 77.9 cm³/mol. The molecule has 18 heavy (non-hydrogen) atoms. The summed E-state index contributed by atoms with van der Waals surface area (Å²) in [5.41, 5.74) is 4.52. The first-order valence-electron chi connectivity index (χ1n) is 6.02. The van der Waals surface area contributed by atoms with Crippen molar-refractivity contribution >= 4 is 5.69 Å². The zero-order valence-electron chi connectivity index (χ0n) is 11.1. The lowest BCUT2D eigenvalue weighted by Gasteiger charge is -2.13. The second kappa shape index (κ2) is 5.42. The molecule has 2 rings (SSSR count). The molecule has 2 aromatic rings. The van der Waals surface area contributed by atoms with E-state index in [-0.39, 0.29) is 0 Å². The van der Waals surface area contributed by atoms with Crippen molar-refractivity contribution in [1.29, 1.82) is 0 Å². The van der Waals surface area contributed by atoms with E-state index in [1.807, 2.05) is 26.2 Å². The summed E-state index contributed by atoms with van der Waals surface area (Å²) in [7, 11) is 4.07. The Kier molecular flexibility index (Phi) is 3.69. The molecule has 0 atom stereocenters. The molecule has 0 aromatic heterocycles. The summed E-state index contributed by atoms with van der Waals surface area (Å²) in [4.78, 5) is 2.08. The van der Waals surface area contributed by atoms with Crippen LogP contribution < -0.4 is 4.90 Å². The van der Waals surface area contributed by atoms with Gasteiger partial charge in [0.15, 0.2) is 0 Å². The first-order chi connectivity index (χ1) is 8.66. The van der Waals surface area contributed by atoms with E-state index < -0.39 is 0 Å². The fraction of sp³-hybridized carbons (Fsp3) is 0.176. The first-order valence-corrected chi connectivity index (χ1v) is 6.02. The Balaban J connectivity index is 2.32. The second-order valence-corrected chi connectivity index (χ2v) is 4.53. The van der Waals surface area contributed by atoms with Crippen LogP contribution in [0.2, 0.25) is 0 Å². The van der Waals surface area contributed by atoms with Crippen molar-refractivity contribution in [1.82, 2.24) is 0 Å². The summed E-state index contributed by atoms with van der Waals surface area (Å²) in [5.74, 6) is 6.45. The maximum atomic E-state index is 3.24. The molecule has 0 N–H and O–H groups in total. The van der Waals surface area contributed by atoms with Crippen LogP contribution in [0, 0.1) is 18.8 Å². The normalized spacial score (nSPS) is 9.50. The molecule has 1 heteroatoms. The van der Waals surface area contributed by atoms with E-state index >= 15 is 0 Å². The lowest BCUT2D eigenvalue weighted by atomic mass is 10.1. The number of rotatable bonds is 1. The molecular formula is C17H17N. The van der Waals surface area contributed by atoms with Gasteiger partial charge < -0.3 is 4.90 Å². The lowest BCUT2D eigenvalue weighted by Crippen LogP contribution is -2.09. The van der Waals surface area contributed by atoms with Gasteiger partial charge in [-0.25, -0.2) is 0 Å². The van der Waals surface area contributed by atoms with Gasteiger partial charge in [-0.1, -0.05) is 41.7 Å². The lowest BCUT2D eigenvalue weighted by molar-refractivity contribution is 1.13. The van der Waals surface area contributed by atoms with Gasteiger partial charge in [0.05, 0.1) is 5.69 Å². The van der Waals surface area contributed by atoms with Crippen molar-refractivity contribution < 1.29 is 0 Å².